The summed E-state index contributed by atoms with van der Waals surface area (Å²) in [6, 6.07) is 2.48. The van der Waals surface area contributed by atoms with Crippen molar-refractivity contribution in [1.82, 2.24) is 15.2 Å². The molecule has 1 saturated heterocycles. The summed E-state index contributed by atoms with van der Waals surface area (Å²) in [5.41, 5.74) is 0.448. The van der Waals surface area contributed by atoms with Crippen molar-refractivity contribution in [2.75, 3.05) is 26.2 Å². The first kappa shape index (κ1) is 20.7. The Morgan fingerprint density at radius 3 is 2.43 bits per heavy atom. The average Bonchev–Trinajstić information content (AvgIpc) is 2.37. The Labute approximate surface area is 139 Å². The highest BCUT2D eigenvalue weighted by Crippen LogP contribution is 2.36. The van der Waals surface area contributed by atoms with E-state index in [0.717, 1.165) is 0 Å². The molecular weight excluding hydrogens is 350 g/mol. The lowest BCUT2D eigenvalue weighted by molar-refractivity contribution is -0.148. The predicted molar refractivity (Wildman–Crippen MR) is 81.6 cm³/mol. The van der Waals surface area contributed by atoms with Crippen LogP contribution in [0.1, 0.15) is 18.0 Å². The molecule has 1 aromatic rings. The number of rotatable bonds is 3. The number of nitrogens with zero attached hydrogens (tertiary/aromatic N) is 2. The Morgan fingerprint density at radius 1 is 1.29 bits per heavy atom. The molecule has 0 bridgehead atoms. The molecule has 0 unspecified atom stereocenters. The minimum absolute atomic E-state index is 0. The quantitative estimate of drug-likeness (QED) is 0.830. The zero-order valence-electron chi connectivity index (χ0n) is 11.1. The Kier molecular flexibility index (Phi) is 8.89. The van der Waals surface area contributed by atoms with Gasteiger partial charge in [-0.05, 0) is 6.07 Å². The highest BCUT2D eigenvalue weighted by molar-refractivity contribution is 6.30. The fourth-order valence-corrected chi connectivity index (χ4v) is 2.54. The molecule has 122 valence electrons. The molecule has 1 N–H and O–H groups in total. The Hall–Kier alpha value is -0.270. The highest BCUT2D eigenvalue weighted by atomic mass is 35.5. The van der Waals surface area contributed by atoms with Crippen molar-refractivity contribution < 1.29 is 13.2 Å². The molecule has 0 amide bonds. The van der Waals surface area contributed by atoms with E-state index in [1.54, 1.807) is 12.1 Å². The summed E-state index contributed by atoms with van der Waals surface area (Å²) in [7, 11) is 0. The molecule has 3 nitrogen and oxygen atoms in total. The van der Waals surface area contributed by atoms with Crippen LogP contribution in [0.5, 0.6) is 0 Å². The lowest BCUT2D eigenvalue weighted by Crippen LogP contribution is -2.46. The Morgan fingerprint density at radius 2 is 1.90 bits per heavy atom. The molecule has 9 heteroatoms. The third-order valence-corrected chi connectivity index (χ3v) is 3.48. The molecule has 2 rings (SSSR count). The fourth-order valence-electron chi connectivity index (χ4n) is 2.30. The SMILES string of the molecule is Cl.Cl.FC(F)(F)C[C@H](c1cccnc1Cl)N1CCNCC1. The molecular formula is C12H17Cl3F3N3. The minimum atomic E-state index is -4.23. The molecule has 0 saturated carbocycles. The van der Waals surface area contributed by atoms with Crippen LogP contribution in [0, 0.1) is 0 Å². The number of aromatic nitrogens is 1. The normalized spacial score (nSPS) is 17.5. The van der Waals surface area contributed by atoms with Gasteiger partial charge in [0.05, 0.1) is 6.42 Å². The summed E-state index contributed by atoms with van der Waals surface area (Å²) < 4.78 is 38.3. The summed E-state index contributed by atoms with van der Waals surface area (Å²) in [5, 5.41) is 3.28. The lowest BCUT2D eigenvalue weighted by Gasteiger charge is -2.35. The molecule has 21 heavy (non-hydrogen) atoms. The van der Waals surface area contributed by atoms with E-state index in [1.165, 1.54) is 6.20 Å². The monoisotopic (exact) mass is 365 g/mol. The van der Waals surface area contributed by atoms with Gasteiger partial charge in [0.25, 0.3) is 0 Å². The number of pyridine rings is 1. The highest BCUT2D eigenvalue weighted by Gasteiger charge is 2.36. The molecule has 1 atom stereocenters. The van der Waals surface area contributed by atoms with Gasteiger partial charge >= 0.3 is 6.18 Å². The van der Waals surface area contributed by atoms with E-state index >= 15 is 0 Å². The first-order chi connectivity index (χ1) is 8.97. The molecule has 1 aliphatic heterocycles. The second-order valence-electron chi connectivity index (χ2n) is 4.50. The minimum Gasteiger partial charge on any atom is -0.314 e. The number of hydrogen-bond donors (Lipinski definition) is 1. The van der Waals surface area contributed by atoms with E-state index in [1.807, 2.05) is 4.90 Å². The number of halogens is 6. The summed E-state index contributed by atoms with van der Waals surface area (Å²) in [6.07, 6.45) is -3.65. The summed E-state index contributed by atoms with van der Waals surface area (Å²) in [4.78, 5) is 5.69. The lowest BCUT2D eigenvalue weighted by atomic mass is 10.0. The van der Waals surface area contributed by atoms with Gasteiger partial charge in [-0.25, -0.2) is 4.98 Å². The van der Waals surface area contributed by atoms with Crippen LogP contribution in [-0.2, 0) is 0 Å². The average molecular weight is 367 g/mol. The van der Waals surface area contributed by atoms with Gasteiger partial charge in [-0.3, -0.25) is 4.90 Å². The zero-order chi connectivity index (χ0) is 13.9. The van der Waals surface area contributed by atoms with Crippen molar-refractivity contribution in [3.8, 4) is 0 Å². The molecule has 1 aromatic heterocycles. The van der Waals surface area contributed by atoms with Crippen LogP contribution in [0.25, 0.3) is 0 Å². The molecule has 2 heterocycles. The van der Waals surface area contributed by atoms with Crippen molar-refractivity contribution in [3.63, 3.8) is 0 Å². The smallest absolute Gasteiger partial charge is 0.314 e. The Balaban J connectivity index is 0.00000200. The topological polar surface area (TPSA) is 28.2 Å². The van der Waals surface area contributed by atoms with Gasteiger partial charge in [0.15, 0.2) is 0 Å². The summed E-state index contributed by atoms with van der Waals surface area (Å²) >= 11 is 5.95. The van der Waals surface area contributed by atoms with Crippen molar-refractivity contribution in [2.45, 2.75) is 18.6 Å². The van der Waals surface area contributed by atoms with Crippen LogP contribution in [-0.4, -0.2) is 42.2 Å². The van der Waals surface area contributed by atoms with Crippen LogP contribution in [0.4, 0.5) is 13.2 Å². The van der Waals surface area contributed by atoms with Crippen LogP contribution >= 0.6 is 36.4 Å². The first-order valence-electron chi connectivity index (χ1n) is 6.09. The fraction of sp³-hybridized carbons (Fsp3) is 0.583. The van der Waals surface area contributed by atoms with Crippen molar-refractivity contribution >= 4 is 36.4 Å². The number of nitrogens with one attached hydrogen (secondary N) is 1. The molecule has 0 aromatic carbocycles. The molecule has 0 aliphatic carbocycles. The molecule has 0 radical (unpaired) electrons. The van der Waals surface area contributed by atoms with Crippen molar-refractivity contribution in [2.24, 2.45) is 0 Å². The van der Waals surface area contributed by atoms with E-state index in [4.69, 9.17) is 11.6 Å². The standard InChI is InChI=1S/C12H15ClF3N3.2ClH/c13-11-9(2-1-3-18-11)10(8-12(14,15)16)19-6-4-17-5-7-19;;/h1-3,10,17H,4-8H2;2*1H/t10-;;/m1../s1. The number of piperazine rings is 1. The van der Waals surface area contributed by atoms with E-state index in [0.29, 0.717) is 31.7 Å². The van der Waals surface area contributed by atoms with Crippen LogP contribution < -0.4 is 5.32 Å². The molecule has 1 fully saturated rings. The van der Waals surface area contributed by atoms with Crippen molar-refractivity contribution in [1.29, 1.82) is 0 Å². The largest absolute Gasteiger partial charge is 0.390 e. The van der Waals surface area contributed by atoms with Crippen LogP contribution in [0.2, 0.25) is 5.15 Å². The maximum absolute atomic E-state index is 12.8. The summed E-state index contributed by atoms with van der Waals surface area (Å²) in [5.74, 6) is 0. The van der Waals surface area contributed by atoms with Gasteiger partial charge in [-0.1, -0.05) is 17.7 Å². The van der Waals surface area contributed by atoms with E-state index in [-0.39, 0.29) is 30.0 Å². The van der Waals surface area contributed by atoms with Crippen LogP contribution in [0.15, 0.2) is 18.3 Å². The second-order valence-corrected chi connectivity index (χ2v) is 4.86. The van der Waals surface area contributed by atoms with E-state index < -0.39 is 18.6 Å². The molecule has 1 aliphatic rings. The second kappa shape index (κ2) is 9.00. The van der Waals surface area contributed by atoms with Gasteiger partial charge in [0.1, 0.15) is 5.15 Å². The van der Waals surface area contributed by atoms with Gasteiger partial charge in [-0.15, -0.1) is 24.8 Å². The third-order valence-electron chi connectivity index (χ3n) is 3.16. The number of alkyl halides is 3. The first-order valence-corrected chi connectivity index (χ1v) is 6.47. The predicted octanol–water partition coefficient (Wildman–Crippen LogP) is 3.48. The Bertz CT molecular complexity index is 426. The van der Waals surface area contributed by atoms with Crippen molar-refractivity contribution in [3.05, 3.63) is 29.0 Å². The number of hydrogen-bond acceptors (Lipinski definition) is 3. The van der Waals surface area contributed by atoms with E-state index in [2.05, 4.69) is 10.3 Å². The van der Waals surface area contributed by atoms with Gasteiger partial charge in [0, 0.05) is 44.0 Å². The van der Waals surface area contributed by atoms with E-state index in [9.17, 15) is 13.2 Å². The zero-order valence-corrected chi connectivity index (χ0v) is 13.5. The maximum Gasteiger partial charge on any atom is 0.390 e. The van der Waals surface area contributed by atoms with Crippen LogP contribution in [0.3, 0.4) is 0 Å². The summed E-state index contributed by atoms with van der Waals surface area (Å²) in [6.45, 7) is 2.52. The maximum atomic E-state index is 12.8. The molecule has 0 spiro atoms. The third kappa shape index (κ3) is 6.16. The van der Waals surface area contributed by atoms with Gasteiger partial charge in [-0.2, -0.15) is 13.2 Å². The van der Waals surface area contributed by atoms with Gasteiger partial charge in [0.2, 0.25) is 0 Å². The van der Waals surface area contributed by atoms with Gasteiger partial charge < -0.3 is 5.32 Å².